The molecular formula is C21H26N2O4. The molecule has 1 amide bonds. The highest BCUT2D eigenvalue weighted by Crippen LogP contribution is 2.20. The fraction of sp³-hybridized carbons (Fsp3) is 0.429. The second-order valence-electron chi connectivity index (χ2n) is 6.96. The number of nitrogens with zero attached hydrogens (tertiary/aromatic N) is 2. The quantitative estimate of drug-likeness (QED) is 0.810. The monoisotopic (exact) mass is 370 g/mol. The van der Waals surface area contributed by atoms with E-state index in [0.717, 1.165) is 29.8 Å². The van der Waals surface area contributed by atoms with Gasteiger partial charge in [-0.1, -0.05) is 12.1 Å². The van der Waals surface area contributed by atoms with E-state index >= 15 is 0 Å². The molecule has 6 nitrogen and oxygen atoms in total. The molecule has 144 valence electrons. The Morgan fingerprint density at radius 2 is 1.89 bits per heavy atom. The fourth-order valence-corrected chi connectivity index (χ4v) is 3.29. The molecule has 1 saturated heterocycles. The van der Waals surface area contributed by atoms with Gasteiger partial charge in [-0.2, -0.15) is 0 Å². The van der Waals surface area contributed by atoms with E-state index in [1.165, 1.54) is 6.07 Å². The first-order chi connectivity index (χ1) is 13.0. The summed E-state index contributed by atoms with van der Waals surface area (Å²) in [7, 11) is 3.36. The summed E-state index contributed by atoms with van der Waals surface area (Å²) in [5, 5.41) is 0. The van der Waals surface area contributed by atoms with E-state index in [9.17, 15) is 9.59 Å². The third-order valence-electron chi connectivity index (χ3n) is 5.06. The molecule has 27 heavy (non-hydrogen) atoms. The number of benzene rings is 1. The van der Waals surface area contributed by atoms with Crippen LogP contribution in [-0.4, -0.2) is 41.7 Å². The van der Waals surface area contributed by atoms with E-state index in [1.54, 1.807) is 18.7 Å². The fourth-order valence-electron chi connectivity index (χ4n) is 3.29. The zero-order valence-electron chi connectivity index (χ0n) is 16.1. The zero-order chi connectivity index (χ0) is 19.4. The maximum absolute atomic E-state index is 12.6. The molecule has 1 aromatic heterocycles. The molecule has 1 aliphatic heterocycles. The predicted molar refractivity (Wildman–Crippen MR) is 103 cm³/mol. The summed E-state index contributed by atoms with van der Waals surface area (Å²) in [6.45, 7) is 3.21. The minimum absolute atomic E-state index is 0.0253. The van der Waals surface area contributed by atoms with Crippen LogP contribution < -0.4 is 15.0 Å². The SMILES string of the molecule is COc1cccc(CC(=O)N2CCC(Oc3cc(C)n(C)c(=O)c3)CC2)c1. The predicted octanol–water partition coefficient (Wildman–Crippen LogP) is 2.31. The number of rotatable bonds is 5. The Morgan fingerprint density at radius 1 is 1.15 bits per heavy atom. The van der Waals surface area contributed by atoms with E-state index in [1.807, 2.05) is 42.2 Å². The Hall–Kier alpha value is -2.76. The van der Waals surface area contributed by atoms with Crippen molar-refractivity contribution in [2.45, 2.75) is 32.3 Å². The average molecular weight is 370 g/mol. The maximum atomic E-state index is 12.6. The summed E-state index contributed by atoms with van der Waals surface area (Å²) in [6.07, 6.45) is 1.92. The second-order valence-corrected chi connectivity index (χ2v) is 6.96. The molecule has 0 radical (unpaired) electrons. The number of ether oxygens (including phenoxy) is 2. The Labute approximate surface area is 159 Å². The van der Waals surface area contributed by atoms with Crippen molar-refractivity contribution in [1.82, 2.24) is 9.47 Å². The van der Waals surface area contributed by atoms with Gasteiger partial charge in [-0.25, -0.2) is 0 Å². The first kappa shape index (κ1) is 19.0. The topological polar surface area (TPSA) is 60.8 Å². The van der Waals surface area contributed by atoms with E-state index in [0.29, 0.717) is 25.3 Å². The van der Waals surface area contributed by atoms with Crippen LogP contribution in [0.25, 0.3) is 0 Å². The largest absolute Gasteiger partial charge is 0.497 e. The lowest BCUT2D eigenvalue weighted by Gasteiger charge is -2.32. The van der Waals surface area contributed by atoms with E-state index in [4.69, 9.17) is 9.47 Å². The molecule has 0 bridgehead atoms. The highest BCUT2D eigenvalue weighted by molar-refractivity contribution is 5.79. The van der Waals surface area contributed by atoms with Gasteiger partial charge in [0.1, 0.15) is 17.6 Å². The first-order valence-corrected chi connectivity index (χ1v) is 9.21. The normalized spacial score (nSPS) is 14.9. The van der Waals surface area contributed by atoms with Crippen LogP contribution >= 0.6 is 0 Å². The van der Waals surface area contributed by atoms with Crippen molar-refractivity contribution < 1.29 is 14.3 Å². The van der Waals surface area contributed by atoms with Gasteiger partial charge in [0.05, 0.1) is 13.5 Å². The average Bonchev–Trinajstić information content (AvgIpc) is 2.66. The summed E-state index contributed by atoms with van der Waals surface area (Å²) in [6, 6.07) is 11.0. The summed E-state index contributed by atoms with van der Waals surface area (Å²) >= 11 is 0. The number of likely N-dealkylation sites (tertiary alicyclic amines) is 1. The number of carbonyl (C=O) groups excluding carboxylic acids is 1. The summed E-state index contributed by atoms with van der Waals surface area (Å²) in [5.74, 6) is 1.49. The number of carbonyl (C=O) groups is 1. The van der Waals surface area contributed by atoms with Gasteiger partial charge in [-0.15, -0.1) is 0 Å². The lowest BCUT2D eigenvalue weighted by molar-refractivity contribution is -0.132. The van der Waals surface area contributed by atoms with Crippen LogP contribution in [0, 0.1) is 6.92 Å². The van der Waals surface area contributed by atoms with Crippen LogP contribution in [0.2, 0.25) is 0 Å². The standard InChI is InChI=1S/C21H26N2O4/c1-15-11-19(14-20(24)22(15)2)27-17-7-9-23(10-8-17)21(25)13-16-5-4-6-18(12-16)26-3/h4-6,11-12,14,17H,7-10,13H2,1-3H3. The molecule has 0 aliphatic carbocycles. The van der Waals surface area contributed by atoms with Crippen molar-refractivity contribution in [2.75, 3.05) is 20.2 Å². The summed E-state index contributed by atoms with van der Waals surface area (Å²) in [5.41, 5.74) is 1.74. The van der Waals surface area contributed by atoms with Gasteiger partial charge < -0.3 is 18.9 Å². The van der Waals surface area contributed by atoms with Gasteiger partial charge in [-0.05, 0) is 30.7 Å². The third-order valence-corrected chi connectivity index (χ3v) is 5.06. The van der Waals surface area contributed by atoms with Gasteiger partial charge in [0, 0.05) is 44.7 Å². The zero-order valence-corrected chi connectivity index (χ0v) is 16.1. The Kier molecular flexibility index (Phi) is 5.84. The molecule has 1 aromatic carbocycles. The Balaban J connectivity index is 1.54. The van der Waals surface area contributed by atoms with Crippen LogP contribution in [0.4, 0.5) is 0 Å². The van der Waals surface area contributed by atoms with E-state index < -0.39 is 0 Å². The number of amides is 1. The molecule has 0 atom stereocenters. The number of methoxy groups -OCH3 is 1. The molecule has 0 spiro atoms. The molecule has 3 rings (SSSR count). The van der Waals surface area contributed by atoms with Gasteiger partial charge in [0.25, 0.3) is 5.56 Å². The molecule has 0 saturated carbocycles. The lowest BCUT2D eigenvalue weighted by atomic mass is 10.1. The van der Waals surface area contributed by atoms with Crippen LogP contribution in [-0.2, 0) is 18.3 Å². The van der Waals surface area contributed by atoms with Gasteiger partial charge in [-0.3, -0.25) is 9.59 Å². The molecule has 0 unspecified atom stereocenters. The van der Waals surface area contributed by atoms with Crippen LogP contribution in [0.5, 0.6) is 11.5 Å². The van der Waals surface area contributed by atoms with Crippen molar-refractivity contribution in [3.63, 3.8) is 0 Å². The molecule has 2 heterocycles. The van der Waals surface area contributed by atoms with Crippen molar-refractivity contribution in [3.8, 4) is 11.5 Å². The minimum Gasteiger partial charge on any atom is -0.497 e. The Morgan fingerprint density at radius 3 is 2.56 bits per heavy atom. The molecule has 2 aromatic rings. The molecule has 1 aliphatic rings. The summed E-state index contributed by atoms with van der Waals surface area (Å²) in [4.78, 5) is 26.3. The van der Waals surface area contributed by atoms with Crippen molar-refractivity contribution in [2.24, 2.45) is 7.05 Å². The number of pyridine rings is 1. The number of aromatic nitrogens is 1. The van der Waals surface area contributed by atoms with Crippen LogP contribution in [0.1, 0.15) is 24.1 Å². The third kappa shape index (κ3) is 4.70. The molecule has 0 N–H and O–H groups in total. The number of hydrogen-bond donors (Lipinski definition) is 0. The summed E-state index contributed by atoms with van der Waals surface area (Å²) < 4.78 is 12.8. The van der Waals surface area contributed by atoms with E-state index in [2.05, 4.69) is 0 Å². The van der Waals surface area contributed by atoms with Crippen LogP contribution in [0.3, 0.4) is 0 Å². The highest BCUT2D eigenvalue weighted by atomic mass is 16.5. The van der Waals surface area contributed by atoms with Crippen molar-refractivity contribution >= 4 is 5.91 Å². The van der Waals surface area contributed by atoms with Gasteiger partial charge in [0.15, 0.2) is 0 Å². The second kappa shape index (κ2) is 8.29. The van der Waals surface area contributed by atoms with E-state index in [-0.39, 0.29) is 17.6 Å². The lowest BCUT2D eigenvalue weighted by Crippen LogP contribution is -2.42. The van der Waals surface area contributed by atoms with Crippen molar-refractivity contribution in [1.29, 1.82) is 0 Å². The first-order valence-electron chi connectivity index (χ1n) is 9.21. The minimum atomic E-state index is -0.0732. The maximum Gasteiger partial charge on any atom is 0.254 e. The van der Waals surface area contributed by atoms with Crippen molar-refractivity contribution in [3.05, 3.63) is 58.0 Å². The number of aryl methyl sites for hydroxylation is 1. The molecular weight excluding hydrogens is 344 g/mol. The highest BCUT2D eigenvalue weighted by Gasteiger charge is 2.24. The van der Waals surface area contributed by atoms with Gasteiger partial charge in [0.2, 0.25) is 5.91 Å². The molecule has 6 heteroatoms. The number of hydrogen-bond acceptors (Lipinski definition) is 4. The number of piperidine rings is 1. The van der Waals surface area contributed by atoms with Gasteiger partial charge >= 0.3 is 0 Å². The molecule has 1 fully saturated rings. The Bertz CT molecular complexity index is 867. The smallest absolute Gasteiger partial charge is 0.254 e. The van der Waals surface area contributed by atoms with Crippen LogP contribution in [0.15, 0.2) is 41.2 Å².